The summed E-state index contributed by atoms with van der Waals surface area (Å²) >= 11 is 0. The summed E-state index contributed by atoms with van der Waals surface area (Å²) in [5, 5.41) is 11.6. The molecule has 7 heteroatoms. The Balaban J connectivity index is 1.60. The van der Waals surface area contributed by atoms with Crippen molar-refractivity contribution in [1.82, 2.24) is 9.88 Å². The molecule has 1 saturated heterocycles. The molecule has 1 amide bonds. The van der Waals surface area contributed by atoms with E-state index in [1.165, 1.54) is 6.07 Å². The summed E-state index contributed by atoms with van der Waals surface area (Å²) in [6.07, 6.45) is 0.401. The fourth-order valence-corrected chi connectivity index (χ4v) is 4.87. The number of benzene rings is 1. The van der Waals surface area contributed by atoms with Crippen molar-refractivity contribution in [2.45, 2.75) is 49.9 Å². The van der Waals surface area contributed by atoms with Crippen LogP contribution in [0.1, 0.15) is 53.7 Å². The number of pyridine rings is 1. The molecular formula is C22H23F3N2O2. The van der Waals surface area contributed by atoms with E-state index in [0.717, 1.165) is 43.5 Å². The van der Waals surface area contributed by atoms with Crippen molar-refractivity contribution >= 4 is 5.91 Å². The minimum atomic E-state index is -4.53. The van der Waals surface area contributed by atoms with Gasteiger partial charge in [0.25, 0.3) is 5.91 Å². The Morgan fingerprint density at radius 3 is 2.48 bits per heavy atom. The van der Waals surface area contributed by atoms with Gasteiger partial charge in [-0.05, 0) is 37.0 Å². The molecule has 0 radical (unpaired) electrons. The number of nitrogens with zero attached hydrogens (tertiary/aromatic N) is 2. The van der Waals surface area contributed by atoms with Crippen molar-refractivity contribution in [1.29, 1.82) is 0 Å². The minimum Gasteiger partial charge on any atom is -0.385 e. The molecule has 4 rings (SSSR count). The molecule has 29 heavy (non-hydrogen) atoms. The average Bonchev–Trinajstić information content (AvgIpc) is 2.74. The first kappa shape index (κ1) is 19.9. The Morgan fingerprint density at radius 2 is 1.83 bits per heavy atom. The number of aliphatic hydroxyl groups is 1. The van der Waals surface area contributed by atoms with Crippen molar-refractivity contribution in [3.05, 3.63) is 65.5 Å². The van der Waals surface area contributed by atoms with Crippen LogP contribution in [0.5, 0.6) is 0 Å². The third-order valence-electron chi connectivity index (χ3n) is 6.31. The number of hydrogen-bond donors (Lipinski definition) is 1. The van der Waals surface area contributed by atoms with Crippen LogP contribution in [0.2, 0.25) is 0 Å². The number of hydrogen-bond acceptors (Lipinski definition) is 3. The maximum absolute atomic E-state index is 13.1. The second kappa shape index (κ2) is 7.44. The van der Waals surface area contributed by atoms with Crippen LogP contribution < -0.4 is 0 Å². The lowest BCUT2D eigenvalue weighted by atomic mass is 9.66. The second-order valence-corrected chi connectivity index (χ2v) is 7.93. The molecule has 154 valence electrons. The van der Waals surface area contributed by atoms with Crippen LogP contribution in [0, 0.1) is 5.92 Å². The first-order chi connectivity index (χ1) is 13.8. The van der Waals surface area contributed by atoms with Crippen molar-refractivity contribution in [2.24, 2.45) is 5.92 Å². The Morgan fingerprint density at radius 1 is 1.10 bits per heavy atom. The van der Waals surface area contributed by atoms with Crippen LogP contribution in [-0.2, 0) is 11.8 Å². The number of carbonyl (C=O) groups excluding carboxylic acids is 1. The molecule has 1 N–H and O–H groups in total. The topological polar surface area (TPSA) is 53.4 Å². The zero-order valence-electron chi connectivity index (χ0n) is 15.9. The van der Waals surface area contributed by atoms with Gasteiger partial charge in [-0.1, -0.05) is 43.2 Å². The summed E-state index contributed by atoms with van der Waals surface area (Å²) in [4.78, 5) is 18.2. The van der Waals surface area contributed by atoms with Gasteiger partial charge in [-0.25, -0.2) is 0 Å². The van der Waals surface area contributed by atoms with Crippen LogP contribution in [0.25, 0.3) is 0 Å². The van der Waals surface area contributed by atoms with Gasteiger partial charge in [-0.3, -0.25) is 9.78 Å². The molecule has 1 aromatic heterocycles. The Labute approximate surface area is 167 Å². The van der Waals surface area contributed by atoms with Gasteiger partial charge in [0.2, 0.25) is 0 Å². The minimum absolute atomic E-state index is 0.0984. The Bertz CT molecular complexity index is 870. The Kier molecular flexibility index (Phi) is 5.11. The first-order valence-electron chi connectivity index (χ1n) is 9.93. The van der Waals surface area contributed by atoms with Gasteiger partial charge in [0.15, 0.2) is 0 Å². The van der Waals surface area contributed by atoms with E-state index < -0.39 is 17.5 Å². The predicted molar refractivity (Wildman–Crippen MR) is 101 cm³/mol. The average molecular weight is 404 g/mol. The Hall–Kier alpha value is -2.41. The van der Waals surface area contributed by atoms with Crippen LogP contribution in [0.15, 0.2) is 48.7 Å². The highest BCUT2D eigenvalue weighted by atomic mass is 19.4. The van der Waals surface area contributed by atoms with E-state index in [4.69, 9.17) is 0 Å². The van der Waals surface area contributed by atoms with E-state index in [1.54, 1.807) is 4.90 Å². The number of amides is 1. The zero-order valence-corrected chi connectivity index (χ0v) is 15.9. The molecular weight excluding hydrogens is 381 g/mol. The third-order valence-corrected chi connectivity index (χ3v) is 6.31. The van der Waals surface area contributed by atoms with Gasteiger partial charge >= 0.3 is 6.18 Å². The summed E-state index contributed by atoms with van der Waals surface area (Å²) in [7, 11) is 0. The normalized spacial score (nSPS) is 27.4. The number of aromatic nitrogens is 1. The molecule has 2 heterocycles. The van der Waals surface area contributed by atoms with Crippen LogP contribution in [-0.4, -0.2) is 33.5 Å². The van der Waals surface area contributed by atoms with Gasteiger partial charge < -0.3 is 10.0 Å². The van der Waals surface area contributed by atoms with Crippen molar-refractivity contribution in [3.8, 4) is 0 Å². The number of fused-ring (bicyclic) bond motifs is 1. The quantitative estimate of drug-likeness (QED) is 0.808. The molecule has 1 unspecified atom stereocenters. The van der Waals surface area contributed by atoms with Gasteiger partial charge in [-0.15, -0.1) is 0 Å². The number of alkyl halides is 3. The highest BCUT2D eigenvalue weighted by Gasteiger charge is 2.50. The molecule has 1 aliphatic heterocycles. The van der Waals surface area contributed by atoms with Crippen LogP contribution in [0.4, 0.5) is 13.2 Å². The SMILES string of the molecule is O=C(c1ccc(C(F)(F)F)nc1)N1CCC(O)(c2ccccc2)[C@H]2CCCC[C@H]21. The molecule has 1 aromatic carbocycles. The van der Waals surface area contributed by atoms with E-state index in [1.807, 2.05) is 30.3 Å². The fourth-order valence-electron chi connectivity index (χ4n) is 4.87. The van der Waals surface area contributed by atoms with Crippen molar-refractivity contribution in [2.75, 3.05) is 6.54 Å². The zero-order chi connectivity index (χ0) is 20.6. The van der Waals surface area contributed by atoms with Crippen LogP contribution in [0.3, 0.4) is 0 Å². The van der Waals surface area contributed by atoms with Gasteiger partial charge in [0, 0.05) is 24.7 Å². The highest BCUT2D eigenvalue weighted by molar-refractivity contribution is 5.94. The summed E-state index contributed by atoms with van der Waals surface area (Å²) in [5.41, 5.74) is -1.00. The summed E-state index contributed by atoms with van der Waals surface area (Å²) in [5.74, 6) is -0.419. The van der Waals surface area contributed by atoms with E-state index >= 15 is 0 Å². The van der Waals surface area contributed by atoms with E-state index in [2.05, 4.69) is 4.98 Å². The number of carbonyl (C=O) groups is 1. The monoisotopic (exact) mass is 404 g/mol. The number of halogens is 3. The summed E-state index contributed by atoms with van der Waals surface area (Å²) in [6.45, 7) is 0.354. The highest BCUT2D eigenvalue weighted by Crippen LogP contribution is 2.47. The van der Waals surface area contributed by atoms with Crippen molar-refractivity contribution in [3.63, 3.8) is 0 Å². The maximum atomic E-state index is 13.1. The molecule has 3 atom stereocenters. The molecule has 1 aliphatic carbocycles. The van der Waals surface area contributed by atoms with E-state index in [-0.39, 0.29) is 23.4 Å². The van der Waals surface area contributed by atoms with Crippen molar-refractivity contribution < 1.29 is 23.1 Å². The van der Waals surface area contributed by atoms with E-state index in [9.17, 15) is 23.1 Å². The third kappa shape index (κ3) is 3.64. The number of likely N-dealkylation sites (tertiary alicyclic amines) is 1. The fraction of sp³-hybridized carbons (Fsp3) is 0.455. The number of piperidine rings is 1. The first-order valence-corrected chi connectivity index (χ1v) is 9.93. The standard InChI is InChI=1S/C22H23F3N2O2/c23-22(24,25)19-11-10-15(14-26-19)20(28)27-13-12-21(29,16-6-2-1-3-7-16)17-8-4-5-9-18(17)27/h1-3,6-7,10-11,14,17-18,29H,4-5,8-9,12-13H2/t17-,18+,21?/m0/s1. The number of rotatable bonds is 2. The smallest absolute Gasteiger partial charge is 0.385 e. The molecule has 4 nitrogen and oxygen atoms in total. The van der Waals surface area contributed by atoms with Crippen LogP contribution >= 0.6 is 0 Å². The van der Waals surface area contributed by atoms with Gasteiger partial charge in [-0.2, -0.15) is 13.2 Å². The lowest BCUT2D eigenvalue weighted by Gasteiger charge is -2.52. The predicted octanol–water partition coefficient (Wildman–Crippen LogP) is 4.39. The van der Waals surface area contributed by atoms with Gasteiger partial charge in [0.1, 0.15) is 5.69 Å². The lowest BCUT2D eigenvalue weighted by Crippen LogP contribution is -2.59. The molecule has 2 aromatic rings. The largest absolute Gasteiger partial charge is 0.433 e. The lowest BCUT2D eigenvalue weighted by molar-refractivity contribution is -0.141. The van der Waals surface area contributed by atoms with Gasteiger partial charge in [0.05, 0.1) is 11.2 Å². The molecule has 1 saturated carbocycles. The maximum Gasteiger partial charge on any atom is 0.433 e. The summed E-state index contributed by atoms with van der Waals surface area (Å²) in [6, 6.07) is 11.4. The van der Waals surface area contributed by atoms with E-state index in [0.29, 0.717) is 13.0 Å². The molecule has 2 aliphatic rings. The second-order valence-electron chi connectivity index (χ2n) is 7.93. The molecule has 0 spiro atoms. The summed E-state index contributed by atoms with van der Waals surface area (Å²) < 4.78 is 38.3. The molecule has 2 fully saturated rings. The molecule has 0 bridgehead atoms.